The number of aryl methyl sites for hydroxylation is 4. The molecular weight excluding hydrogens is 546 g/mol. The highest BCUT2D eigenvalue weighted by atomic mass is 14.8. The van der Waals surface area contributed by atoms with Gasteiger partial charge in [0.25, 0.3) is 0 Å². The summed E-state index contributed by atoms with van der Waals surface area (Å²) in [6.07, 6.45) is 15.2. The predicted molar refractivity (Wildman–Crippen MR) is 201 cm³/mol. The van der Waals surface area contributed by atoms with E-state index in [1.165, 1.54) is 76.4 Å². The normalized spacial score (nSPS) is 15.7. The molecule has 2 aromatic heterocycles. The van der Waals surface area contributed by atoms with E-state index in [1.807, 2.05) is 32.3 Å². The maximum absolute atomic E-state index is 6.32. The molecule has 0 radical (unpaired) electrons. The number of nitrogens with zero attached hydrogens (tertiary/aromatic N) is 1. The molecule has 0 amide bonds. The Kier molecular flexibility index (Phi) is 16.1. The first-order valence-electron chi connectivity index (χ1n) is 17.1. The minimum Gasteiger partial charge on any atom is -0.346 e. The van der Waals surface area contributed by atoms with Crippen molar-refractivity contribution in [2.24, 2.45) is 5.73 Å². The lowest BCUT2D eigenvalue weighted by Crippen LogP contribution is -2.38. The smallest absolute Gasteiger partial charge is 0.137 e. The van der Waals surface area contributed by atoms with Crippen LogP contribution >= 0.6 is 0 Å². The zero-order valence-corrected chi connectivity index (χ0v) is 29.9. The summed E-state index contributed by atoms with van der Waals surface area (Å²) in [7, 11) is 0. The fourth-order valence-corrected chi connectivity index (χ4v) is 5.67. The van der Waals surface area contributed by atoms with Gasteiger partial charge in [-0.15, -0.1) is 0 Å². The summed E-state index contributed by atoms with van der Waals surface area (Å²) in [4.78, 5) is 7.22. The topological polar surface area (TPSA) is 54.7 Å². The molecule has 0 aliphatic heterocycles. The van der Waals surface area contributed by atoms with Gasteiger partial charge in [-0.25, -0.2) is 4.98 Å². The molecule has 0 fully saturated rings. The van der Waals surface area contributed by atoms with Crippen LogP contribution in [-0.4, -0.2) is 15.5 Å². The Labute approximate surface area is 275 Å². The molecule has 45 heavy (non-hydrogen) atoms. The van der Waals surface area contributed by atoms with Gasteiger partial charge in [-0.05, 0) is 107 Å². The van der Waals surface area contributed by atoms with Gasteiger partial charge in [0.1, 0.15) is 5.65 Å². The van der Waals surface area contributed by atoms with Crippen molar-refractivity contribution >= 4 is 22.2 Å². The van der Waals surface area contributed by atoms with Crippen LogP contribution in [0.2, 0.25) is 0 Å². The van der Waals surface area contributed by atoms with E-state index in [9.17, 15) is 0 Å². The SMILES string of the molecule is C=C(C)c1ccc(C)cc1C.CCC1=C(c2ccc(C)cc2)CC(C)(N)CC1.CCCCCCC.Cc1cnc2[nH]ccc2c1. The monoisotopic (exact) mass is 607 g/mol. The number of hydrogen-bond donors (Lipinski definition) is 2. The van der Waals surface area contributed by atoms with Crippen molar-refractivity contribution in [2.45, 2.75) is 126 Å². The Morgan fingerprint density at radius 2 is 1.51 bits per heavy atom. The average Bonchev–Trinajstić information content (AvgIpc) is 3.46. The van der Waals surface area contributed by atoms with Gasteiger partial charge < -0.3 is 10.7 Å². The Balaban J connectivity index is 0.000000221. The number of fused-ring (bicyclic) bond motifs is 1. The number of H-pyrrole nitrogens is 1. The summed E-state index contributed by atoms with van der Waals surface area (Å²) in [5.74, 6) is 0. The molecule has 1 aliphatic rings. The van der Waals surface area contributed by atoms with Crippen LogP contribution < -0.4 is 5.73 Å². The number of nitrogens with one attached hydrogen (secondary N) is 1. The van der Waals surface area contributed by atoms with Crippen molar-refractivity contribution < 1.29 is 0 Å². The van der Waals surface area contributed by atoms with E-state index in [1.54, 1.807) is 5.57 Å². The van der Waals surface area contributed by atoms with E-state index in [0.29, 0.717) is 0 Å². The highest BCUT2D eigenvalue weighted by Crippen LogP contribution is 2.38. The molecule has 3 N–H and O–H groups in total. The first kappa shape index (κ1) is 37.8. The minimum absolute atomic E-state index is 0.0289. The molecule has 2 aromatic carbocycles. The second-order valence-electron chi connectivity index (χ2n) is 13.2. The van der Waals surface area contributed by atoms with Gasteiger partial charge in [0.05, 0.1) is 0 Å². The largest absolute Gasteiger partial charge is 0.346 e. The summed E-state index contributed by atoms with van der Waals surface area (Å²) in [6.45, 7) is 23.3. The van der Waals surface area contributed by atoms with Gasteiger partial charge in [-0.1, -0.05) is 124 Å². The van der Waals surface area contributed by atoms with Crippen LogP contribution in [0.15, 0.2) is 79.1 Å². The maximum atomic E-state index is 6.32. The molecular formula is C42H61N3. The zero-order chi connectivity index (χ0) is 33.4. The third kappa shape index (κ3) is 13.2. The predicted octanol–water partition coefficient (Wildman–Crippen LogP) is 12.2. The lowest BCUT2D eigenvalue weighted by atomic mass is 9.77. The molecule has 0 bridgehead atoms. The third-order valence-corrected chi connectivity index (χ3v) is 8.42. The highest BCUT2D eigenvalue weighted by Gasteiger charge is 2.27. The molecule has 244 valence electrons. The molecule has 3 heteroatoms. The van der Waals surface area contributed by atoms with E-state index in [4.69, 9.17) is 5.73 Å². The van der Waals surface area contributed by atoms with Crippen molar-refractivity contribution in [1.82, 2.24) is 9.97 Å². The van der Waals surface area contributed by atoms with Crippen LogP contribution in [0, 0.1) is 27.7 Å². The second-order valence-corrected chi connectivity index (χ2v) is 13.2. The van der Waals surface area contributed by atoms with Crippen molar-refractivity contribution in [2.75, 3.05) is 0 Å². The lowest BCUT2D eigenvalue weighted by Gasteiger charge is -2.33. The molecule has 1 aliphatic carbocycles. The Morgan fingerprint density at radius 3 is 2.09 bits per heavy atom. The number of aromatic amines is 1. The van der Waals surface area contributed by atoms with Crippen LogP contribution in [0.1, 0.15) is 126 Å². The molecule has 3 nitrogen and oxygen atoms in total. The summed E-state index contributed by atoms with van der Waals surface area (Å²) >= 11 is 0. The van der Waals surface area contributed by atoms with Crippen LogP contribution in [0.5, 0.6) is 0 Å². The zero-order valence-electron chi connectivity index (χ0n) is 29.9. The second kappa shape index (κ2) is 19.2. The Morgan fingerprint density at radius 1 is 0.867 bits per heavy atom. The molecule has 1 atom stereocenters. The molecule has 0 saturated carbocycles. The number of rotatable bonds is 7. The molecule has 4 aromatic rings. The fourth-order valence-electron chi connectivity index (χ4n) is 5.67. The third-order valence-electron chi connectivity index (χ3n) is 8.42. The Bertz CT molecular complexity index is 1480. The van der Waals surface area contributed by atoms with E-state index in [-0.39, 0.29) is 5.54 Å². The summed E-state index contributed by atoms with van der Waals surface area (Å²) in [5.41, 5.74) is 19.3. The van der Waals surface area contributed by atoms with Gasteiger partial charge in [0, 0.05) is 23.3 Å². The minimum atomic E-state index is -0.0289. The number of pyridine rings is 1. The quantitative estimate of drug-likeness (QED) is 0.205. The van der Waals surface area contributed by atoms with Crippen molar-refractivity contribution in [3.8, 4) is 0 Å². The van der Waals surface area contributed by atoms with Gasteiger partial charge in [-0.2, -0.15) is 0 Å². The summed E-state index contributed by atoms with van der Waals surface area (Å²) < 4.78 is 0. The molecule has 2 heterocycles. The van der Waals surface area contributed by atoms with Crippen molar-refractivity contribution in [3.63, 3.8) is 0 Å². The van der Waals surface area contributed by atoms with Crippen LogP contribution in [-0.2, 0) is 0 Å². The molecule has 0 spiro atoms. The van der Waals surface area contributed by atoms with Gasteiger partial charge in [0.2, 0.25) is 0 Å². The van der Waals surface area contributed by atoms with Crippen LogP contribution in [0.25, 0.3) is 22.2 Å². The number of allylic oxidation sites excluding steroid dienone is 2. The highest BCUT2D eigenvalue weighted by molar-refractivity contribution is 5.75. The van der Waals surface area contributed by atoms with E-state index >= 15 is 0 Å². The maximum Gasteiger partial charge on any atom is 0.137 e. The number of aromatic nitrogens is 2. The number of unbranched alkanes of at least 4 members (excludes halogenated alkanes) is 4. The van der Waals surface area contributed by atoms with Gasteiger partial charge in [-0.3, -0.25) is 0 Å². The lowest BCUT2D eigenvalue weighted by molar-refractivity contribution is 0.424. The van der Waals surface area contributed by atoms with Crippen LogP contribution in [0.4, 0.5) is 0 Å². The average molecular weight is 608 g/mol. The van der Waals surface area contributed by atoms with Crippen molar-refractivity contribution in [1.29, 1.82) is 0 Å². The number of hydrogen-bond acceptors (Lipinski definition) is 2. The summed E-state index contributed by atoms with van der Waals surface area (Å²) in [5, 5.41) is 1.18. The number of benzene rings is 2. The standard InChI is InChI=1S/C16H23N.C11H14.C8H8N2.C7H16/c1-4-13-9-10-16(3,17)11-15(13)14-7-5-12(2)6-8-14;1-8(2)11-6-5-9(3)7-10(11)4;1-6-4-7-2-3-9-8(7)10-5-6;1-3-5-7-6-4-2/h5-8H,4,9-11,17H2,1-3H3;5-7H,1H2,2-4H3;2-5H,1H3,(H,9,10);3-7H2,1-2H3. The van der Waals surface area contributed by atoms with Gasteiger partial charge >= 0.3 is 0 Å². The molecule has 0 saturated heterocycles. The van der Waals surface area contributed by atoms with Crippen molar-refractivity contribution in [3.05, 3.63) is 113 Å². The van der Waals surface area contributed by atoms with Crippen LogP contribution in [0.3, 0.4) is 0 Å². The number of nitrogens with two attached hydrogens (primary N) is 1. The Hall–Kier alpha value is -3.43. The fraction of sp³-hybridized carbons (Fsp3) is 0.452. The first-order valence-corrected chi connectivity index (χ1v) is 17.1. The molecule has 5 rings (SSSR count). The van der Waals surface area contributed by atoms with E-state index < -0.39 is 0 Å². The van der Waals surface area contributed by atoms with E-state index in [2.05, 4.69) is 114 Å². The first-order chi connectivity index (χ1) is 21.4. The van der Waals surface area contributed by atoms with Gasteiger partial charge in [0.15, 0.2) is 0 Å². The summed E-state index contributed by atoms with van der Waals surface area (Å²) in [6, 6.07) is 19.4. The van der Waals surface area contributed by atoms with E-state index in [0.717, 1.165) is 36.9 Å². The molecule has 1 unspecified atom stereocenters.